The summed E-state index contributed by atoms with van der Waals surface area (Å²) in [5.74, 6) is -0.265. The molecule has 1 amide bonds. The van der Waals surface area contributed by atoms with Gasteiger partial charge in [-0.2, -0.15) is 0 Å². The minimum Gasteiger partial charge on any atom is -0.469 e. The quantitative estimate of drug-likeness (QED) is 0.416. The molecule has 0 spiro atoms. The molecule has 1 atom stereocenters. The lowest BCUT2D eigenvalue weighted by molar-refractivity contribution is -0.142. The molecule has 4 heteroatoms. The average Bonchev–Trinajstić information content (AvgIpc) is 1.84. The molecular formula is C6H9NO3. The third kappa shape index (κ3) is 1.46. The van der Waals surface area contributed by atoms with Gasteiger partial charge in [-0.3, -0.25) is 9.59 Å². The second-order valence-corrected chi connectivity index (χ2v) is 2.25. The van der Waals surface area contributed by atoms with Gasteiger partial charge in [0.2, 0.25) is 5.91 Å². The summed E-state index contributed by atoms with van der Waals surface area (Å²) in [5, 5.41) is 2.57. The van der Waals surface area contributed by atoms with Gasteiger partial charge in [-0.25, -0.2) is 0 Å². The molecule has 1 heterocycles. The summed E-state index contributed by atoms with van der Waals surface area (Å²) in [6, 6.07) is 0.0138. The highest BCUT2D eigenvalue weighted by Crippen LogP contribution is 2.08. The highest BCUT2D eigenvalue weighted by Gasteiger charge is 2.27. The molecule has 1 saturated heterocycles. The number of hydrogen-bond acceptors (Lipinski definition) is 3. The predicted octanol–water partition coefficient (Wildman–Crippen LogP) is -0.562. The topological polar surface area (TPSA) is 55.4 Å². The number of amides is 1. The summed E-state index contributed by atoms with van der Waals surface area (Å²) in [7, 11) is 1.34. The van der Waals surface area contributed by atoms with Crippen LogP contribution in [0.2, 0.25) is 0 Å². The molecule has 0 saturated carbocycles. The molecule has 0 radical (unpaired) electrons. The fraction of sp³-hybridized carbons (Fsp3) is 0.667. The van der Waals surface area contributed by atoms with Gasteiger partial charge in [0.15, 0.2) is 0 Å². The highest BCUT2D eigenvalue weighted by molar-refractivity contribution is 5.85. The van der Waals surface area contributed by atoms with Crippen LogP contribution in [0.3, 0.4) is 0 Å². The predicted molar refractivity (Wildman–Crippen MR) is 33.2 cm³/mol. The number of hydrogen-bond donors (Lipinski definition) is 1. The lowest BCUT2D eigenvalue weighted by Gasteiger charge is -2.25. The first kappa shape index (κ1) is 7.05. The van der Waals surface area contributed by atoms with Crippen molar-refractivity contribution in [3.63, 3.8) is 0 Å². The van der Waals surface area contributed by atoms with Crippen LogP contribution in [0.5, 0.6) is 0 Å². The molecule has 56 valence electrons. The standard InChI is InChI=1S/C6H9NO3/c1-10-6(9)3-4-2-5(8)7-4/h4H,2-3H2,1H3,(H,7,8). The Labute approximate surface area is 58.5 Å². The van der Waals surface area contributed by atoms with Crippen molar-refractivity contribution in [1.82, 2.24) is 5.32 Å². The van der Waals surface area contributed by atoms with Crippen molar-refractivity contribution in [2.45, 2.75) is 18.9 Å². The summed E-state index contributed by atoms with van der Waals surface area (Å²) < 4.78 is 4.40. The van der Waals surface area contributed by atoms with Crippen molar-refractivity contribution in [2.24, 2.45) is 0 Å². The van der Waals surface area contributed by atoms with Crippen LogP contribution in [0.4, 0.5) is 0 Å². The van der Waals surface area contributed by atoms with Crippen LogP contribution < -0.4 is 5.32 Å². The molecule has 1 rings (SSSR count). The van der Waals surface area contributed by atoms with Crippen molar-refractivity contribution in [3.05, 3.63) is 0 Å². The maximum absolute atomic E-state index is 10.5. The highest BCUT2D eigenvalue weighted by atomic mass is 16.5. The number of methoxy groups -OCH3 is 1. The number of ether oxygens (including phenoxy) is 1. The van der Waals surface area contributed by atoms with Crippen molar-refractivity contribution in [2.75, 3.05) is 7.11 Å². The van der Waals surface area contributed by atoms with E-state index in [1.807, 2.05) is 0 Å². The summed E-state index contributed by atoms with van der Waals surface area (Å²) in [6.07, 6.45) is 0.747. The Morgan fingerprint density at radius 1 is 1.90 bits per heavy atom. The Hall–Kier alpha value is -1.06. The van der Waals surface area contributed by atoms with E-state index in [2.05, 4.69) is 10.1 Å². The second-order valence-electron chi connectivity index (χ2n) is 2.25. The fourth-order valence-electron chi connectivity index (χ4n) is 0.838. The first-order valence-electron chi connectivity index (χ1n) is 3.08. The van der Waals surface area contributed by atoms with Gasteiger partial charge in [0.25, 0.3) is 0 Å². The van der Waals surface area contributed by atoms with Gasteiger partial charge in [-0.05, 0) is 0 Å². The van der Waals surface area contributed by atoms with Gasteiger partial charge in [-0.15, -0.1) is 0 Å². The van der Waals surface area contributed by atoms with Gasteiger partial charge < -0.3 is 10.1 Å². The Morgan fingerprint density at radius 3 is 2.90 bits per heavy atom. The molecule has 1 unspecified atom stereocenters. The lowest BCUT2D eigenvalue weighted by Crippen LogP contribution is -2.49. The number of esters is 1. The Morgan fingerprint density at radius 2 is 2.50 bits per heavy atom. The fourth-order valence-corrected chi connectivity index (χ4v) is 0.838. The SMILES string of the molecule is COC(=O)CC1CC(=O)N1. The van der Waals surface area contributed by atoms with Gasteiger partial charge >= 0.3 is 5.97 Å². The van der Waals surface area contributed by atoms with Crippen LogP contribution in [-0.4, -0.2) is 25.0 Å². The summed E-state index contributed by atoms with van der Waals surface area (Å²) >= 11 is 0. The molecular weight excluding hydrogens is 134 g/mol. The van der Waals surface area contributed by atoms with E-state index in [1.54, 1.807) is 0 Å². The normalized spacial score (nSPS) is 22.9. The first-order valence-corrected chi connectivity index (χ1v) is 3.08. The molecule has 1 N–H and O–H groups in total. The molecule has 1 aliphatic heterocycles. The smallest absolute Gasteiger partial charge is 0.307 e. The van der Waals surface area contributed by atoms with Crippen molar-refractivity contribution >= 4 is 11.9 Å². The zero-order valence-electron chi connectivity index (χ0n) is 5.72. The van der Waals surface area contributed by atoms with Crippen molar-refractivity contribution in [3.8, 4) is 0 Å². The van der Waals surface area contributed by atoms with E-state index in [0.29, 0.717) is 12.8 Å². The van der Waals surface area contributed by atoms with Crippen LogP contribution in [0.1, 0.15) is 12.8 Å². The lowest BCUT2D eigenvalue weighted by atomic mass is 10.0. The van der Waals surface area contributed by atoms with E-state index in [9.17, 15) is 9.59 Å². The molecule has 10 heavy (non-hydrogen) atoms. The van der Waals surface area contributed by atoms with Crippen LogP contribution in [0, 0.1) is 0 Å². The molecule has 0 aromatic carbocycles. The Bertz CT molecular complexity index is 158. The van der Waals surface area contributed by atoms with Crippen molar-refractivity contribution in [1.29, 1.82) is 0 Å². The monoisotopic (exact) mass is 143 g/mol. The molecule has 0 aliphatic carbocycles. The van der Waals surface area contributed by atoms with Gasteiger partial charge in [0, 0.05) is 12.5 Å². The summed E-state index contributed by atoms with van der Waals surface area (Å²) in [4.78, 5) is 20.9. The number of β-lactam (4-membered cyclic amide) rings is 1. The summed E-state index contributed by atoms with van der Waals surface area (Å²) in [6.45, 7) is 0. The first-order chi connectivity index (χ1) is 4.72. The molecule has 0 aromatic heterocycles. The molecule has 0 bridgehead atoms. The Balaban J connectivity index is 2.16. The van der Waals surface area contributed by atoms with Crippen LogP contribution in [0.25, 0.3) is 0 Å². The minimum atomic E-state index is -0.273. The van der Waals surface area contributed by atoms with Crippen LogP contribution in [-0.2, 0) is 14.3 Å². The maximum Gasteiger partial charge on any atom is 0.307 e. The van der Waals surface area contributed by atoms with E-state index in [4.69, 9.17) is 0 Å². The molecule has 1 aliphatic rings. The van der Waals surface area contributed by atoms with Crippen LogP contribution in [0.15, 0.2) is 0 Å². The minimum absolute atomic E-state index is 0.00824. The van der Waals surface area contributed by atoms with E-state index in [1.165, 1.54) is 7.11 Å². The van der Waals surface area contributed by atoms with Crippen molar-refractivity contribution < 1.29 is 14.3 Å². The number of carbonyl (C=O) groups is 2. The van der Waals surface area contributed by atoms with Gasteiger partial charge in [0.05, 0.1) is 13.5 Å². The second kappa shape index (κ2) is 2.68. The summed E-state index contributed by atoms with van der Waals surface area (Å²) in [5.41, 5.74) is 0. The third-order valence-corrected chi connectivity index (χ3v) is 1.44. The molecule has 0 aromatic rings. The van der Waals surface area contributed by atoms with Crippen LogP contribution >= 0.6 is 0 Å². The number of nitrogens with one attached hydrogen (secondary N) is 1. The maximum atomic E-state index is 10.5. The van der Waals surface area contributed by atoms with E-state index >= 15 is 0 Å². The van der Waals surface area contributed by atoms with Gasteiger partial charge in [0.1, 0.15) is 0 Å². The number of carbonyl (C=O) groups excluding carboxylic acids is 2. The molecule has 4 nitrogen and oxygen atoms in total. The number of rotatable bonds is 2. The van der Waals surface area contributed by atoms with E-state index < -0.39 is 0 Å². The zero-order chi connectivity index (χ0) is 7.56. The zero-order valence-corrected chi connectivity index (χ0v) is 5.72. The Kier molecular flexibility index (Phi) is 1.89. The largest absolute Gasteiger partial charge is 0.469 e. The van der Waals surface area contributed by atoms with E-state index in [-0.39, 0.29) is 17.9 Å². The third-order valence-electron chi connectivity index (χ3n) is 1.44. The van der Waals surface area contributed by atoms with E-state index in [0.717, 1.165) is 0 Å². The average molecular weight is 143 g/mol. The van der Waals surface area contributed by atoms with Gasteiger partial charge in [-0.1, -0.05) is 0 Å². The molecule has 1 fully saturated rings.